The summed E-state index contributed by atoms with van der Waals surface area (Å²) in [5, 5.41) is 3.69. The van der Waals surface area contributed by atoms with E-state index < -0.39 is 0 Å². The van der Waals surface area contributed by atoms with Crippen LogP contribution in [0.25, 0.3) is 16.6 Å². The molecule has 1 fully saturated rings. The molecule has 1 aliphatic carbocycles. The summed E-state index contributed by atoms with van der Waals surface area (Å²) in [5.74, 6) is 0.316. The van der Waals surface area contributed by atoms with Gasteiger partial charge in [-0.15, -0.1) is 0 Å². The van der Waals surface area contributed by atoms with Crippen molar-refractivity contribution in [3.63, 3.8) is 0 Å². The fourth-order valence-corrected chi connectivity index (χ4v) is 3.91. The molecule has 8 nitrogen and oxygen atoms in total. The number of carbonyl (C=O) groups excluding carboxylic acids is 1. The van der Waals surface area contributed by atoms with Gasteiger partial charge in [-0.05, 0) is 42.0 Å². The predicted molar refractivity (Wildman–Crippen MR) is 128 cm³/mol. The third-order valence-corrected chi connectivity index (χ3v) is 5.77. The third kappa shape index (κ3) is 4.55. The van der Waals surface area contributed by atoms with Crippen LogP contribution in [0.4, 0.5) is 0 Å². The van der Waals surface area contributed by atoms with Crippen molar-refractivity contribution in [2.45, 2.75) is 31.8 Å². The average molecular weight is 441 g/mol. The quantitative estimate of drug-likeness (QED) is 0.302. The van der Waals surface area contributed by atoms with Crippen LogP contribution in [0.15, 0.2) is 76.4 Å². The summed E-state index contributed by atoms with van der Waals surface area (Å²) < 4.78 is 2.02. The number of fused-ring (bicyclic) bond motifs is 2. The van der Waals surface area contributed by atoms with Gasteiger partial charge in [0.2, 0.25) is 5.56 Å². The van der Waals surface area contributed by atoms with Gasteiger partial charge < -0.3 is 20.4 Å². The minimum Gasteiger partial charge on any atom is -0.404 e. The molecule has 4 aromatic rings. The van der Waals surface area contributed by atoms with Crippen LogP contribution in [0.5, 0.6) is 0 Å². The molecule has 1 saturated carbocycles. The molecule has 0 atom stereocenters. The Morgan fingerprint density at radius 2 is 2.09 bits per heavy atom. The van der Waals surface area contributed by atoms with Crippen LogP contribution in [0.1, 0.15) is 35.6 Å². The molecule has 1 aromatic carbocycles. The van der Waals surface area contributed by atoms with Crippen molar-refractivity contribution in [2.24, 2.45) is 10.7 Å². The fourth-order valence-electron chi connectivity index (χ4n) is 3.91. The number of amides is 1. The number of nitrogens with one attached hydrogen (secondary N) is 2. The van der Waals surface area contributed by atoms with E-state index >= 15 is 0 Å². The van der Waals surface area contributed by atoms with Gasteiger partial charge in [-0.3, -0.25) is 14.6 Å². The molecule has 1 aliphatic rings. The number of aromatic nitrogens is 3. The zero-order valence-electron chi connectivity index (χ0n) is 18.0. The number of nitrogens with two attached hydrogens (primary N) is 1. The van der Waals surface area contributed by atoms with E-state index in [9.17, 15) is 9.59 Å². The molecule has 33 heavy (non-hydrogen) atoms. The number of nitrogens with zero attached hydrogens (tertiary/aromatic N) is 3. The van der Waals surface area contributed by atoms with Gasteiger partial charge >= 0.3 is 0 Å². The minimum absolute atomic E-state index is 0.199. The Hall–Kier alpha value is -4.20. The highest BCUT2D eigenvalue weighted by Gasteiger charge is 2.23. The first-order valence-corrected chi connectivity index (χ1v) is 10.9. The molecule has 1 amide bonds. The van der Waals surface area contributed by atoms with Gasteiger partial charge in [0.25, 0.3) is 5.91 Å². The molecule has 0 unspecified atom stereocenters. The highest BCUT2D eigenvalue weighted by atomic mass is 16.1. The Bertz CT molecular complexity index is 1460. The van der Waals surface area contributed by atoms with Crippen molar-refractivity contribution < 1.29 is 4.79 Å². The zero-order valence-corrected chi connectivity index (χ0v) is 18.0. The Balaban J connectivity index is 1.23. The molecule has 4 N–H and O–H groups in total. The zero-order chi connectivity index (χ0) is 22.8. The fraction of sp³-hybridized carbons (Fsp3) is 0.200. The molecule has 0 spiro atoms. The summed E-state index contributed by atoms with van der Waals surface area (Å²) in [6.07, 6.45) is 9.27. The number of rotatable bonds is 7. The second-order valence-electron chi connectivity index (χ2n) is 8.21. The summed E-state index contributed by atoms with van der Waals surface area (Å²) in [5.41, 5.74) is 10.2. The van der Waals surface area contributed by atoms with Crippen molar-refractivity contribution >= 4 is 28.7 Å². The summed E-state index contributed by atoms with van der Waals surface area (Å²) >= 11 is 0. The highest BCUT2D eigenvalue weighted by molar-refractivity contribution is 6.12. The van der Waals surface area contributed by atoms with Crippen molar-refractivity contribution in [1.29, 1.82) is 0 Å². The molecule has 8 heteroatoms. The number of para-hydroxylation sites is 1. The number of imidazole rings is 1. The number of aromatic amines is 1. The lowest BCUT2D eigenvalue weighted by molar-refractivity contribution is -0.117. The van der Waals surface area contributed by atoms with Gasteiger partial charge in [0.1, 0.15) is 5.65 Å². The average Bonchev–Trinajstić information content (AvgIpc) is 3.59. The van der Waals surface area contributed by atoms with Gasteiger partial charge in [-0.1, -0.05) is 24.3 Å². The number of H-pyrrole nitrogens is 1. The Kier molecular flexibility index (Phi) is 5.48. The van der Waals surface area contributed by atoms with E-state index in [2.05, 4.69) is 32.5 Å². The van der Waals surface area contributed by atoms with Crippen LogP contribution in [-0.2, 0) is 17.9 Å². The van der Waals surface area contributed by atoms with Crippen LogP contribution < -0.4 is 16.6 Å². The normalized spacial score (nSPS) is 14.4. The Morgan fingerprint density at radius 3 is 2.91 bits per heavy atom. The van der Waals surface area contributed by atoms with Crippen molar-refractivity contribution in [2.75, 3.05) is 0 Å². The standard InChI is InChI=1S/C25H24N6O2/c26-10-19(25(33)28-12-18-9-24(32)30-22-4-2-1-3-21(18)22)11-27-13-20-15-31-14-17(16-5-6-16)7-8-23(31)29-20/h1-4,7-11,14-16H,5-6,12-13,26H2,(H,28,33)(H,30,32)/b19-10+,27-11?. The van der Waals surface area contributed by atoms with Crippen molar-refractivity contribution in [3.05, 3.63) is 93.8 Å². The molecule has 0 aliphatic heterocycles. The van der Waals surface area contributed by atoms with E-state index in [-0.39, 0.29) is 23.6 Å². The summed E-state index contributed by atoms with van der Waals surface area (Å²) in [4.78, 5) is 36.2. The number of aliphatic imine (C=N–C) groups is 1. The van der Waals surface area contributed by atoms with Crippen LogP contribution in [0.2, 0.25) is 0 Å². The number of hydrogen-bond acceptors (Lipinski definition) is 5. The smallest absolute Gasteiger partial charge is 0.254 e. The van der Waals surface area contributed by atoms with Gasteiger partial charge in [-0.2, -0.15) is 0 Å². The summed E-state index contributed by atoms with van der Waals surface area (Å²) in [6, 6.07) is 13.1. The maximum atomic E-state index is 12.6. The van der Waals surface area contributed by atoms with E-state index in [1.807, 2.05) is 40.9 Å². The molecule has 0 bridgehead atoms. The Labute approximate surface area is 189 Å². The number of pyridine rings is 2. The number of carbonyl (C=O) groups is 1. The van der Waals surface area contributed by atoms with E-state index in [0.29, 0.717) is 12.5 Å². The molecule has 5 rings (SSSR count). The molecule has 3 aromatic heterocycles. The van der Waals surface area contributed by atoms with Crippen LogP contribution >= 0.6 is 0 Å². The summed E-state index contributed by atoms with van der Waals surface area (Å²) in [7, 11) is 0. The van der Waals surface area contributed by atoms with Crippen LogP contribution in [0.3, 0.4) is 0 Å². The van der Waals surface area contributed by atoms with Crippen molar-refractivity contribution in [3.8, 4) is 0 Å². The molecule has 3 heterocycles. The molecular formula is C25H24N6O2. The van der Waals surface area contributed by atoms with Gasteiger partial charge in [0.15, 0.2) is 0 Å². The minimum atomic E-state index is -0.366. The van der Waals surface area contributed by atoms with Crippen LogP contribution in [-0.4, -0.2) is 26.5 Å². The third-order valence-electron chi connectivity index (χ3n) is 5.77. The Morgan fingerprint density at radius 1 is 1.24 bits per heavy atom. The van der Waals surface area contributed by atoms with E-state index in [1.54, 1.807) is 0 Å². The molecular weight excluding hydrogens is 416 g/mol. The van der Waals surface area contributed by atoms with E-state index in [4.69, 9.17) is 5.73 Å². The maximum absolute atomic E-state index is 12.6. The molecule has 0 saturated heterocycles. The van der Waals surface area contributed by atoms with E-state index in [0.717, 1.165) is 27.8 Å². The first-order chi connectivity index (χ1) is 16.1. The topological polar surface area (TPSA) is 118 Å². The lowest BCUT2D eigenvalue weighted by atomic mass is 10.1. The first kappa shape index (κ1) is 20.7. The first-order valence-electron chi connectivity index (χ1n) is 10.9. The second-order valence-corrected chi connectivity index (χ2v) is 8.21. The SMILES string of the molecule is N/C=C(\C=NCc1cn2cc(C3CC3)ccc2n1)C(=O)NCc1cc(=O)[nH]c2ccccc12. The van der Waals surface area contributed by atoms with Gasteiger partial charge in [0.05, 0.1) is 17.8 Å². The highest BCUT2D eigenvalue weighted by Crippen LogP contribution is 2.39. The van der Waals surface area contributed by atoms with Crippen LogP contribution in [0, 0.1) is 0 Å². The molecule has 166 valence electrons. The predicted octanol–water partition coefficient (Wildman–Crippen LogP) is 2.78. The van der Waals surface area contributed by atoms with E-state index in [1.165, 1.54) is 36.9 Å². The largest absolute Gasteiger partial charge is 0.404 e. The van der Waals surface area contributed by atoms with Gasteiger partial charge in [-0.25, -0.2) is 4.98 Å². The van der Waals surface area contributed by atoms with Crippen molar-refractivity contribution in [1.82, 2.24) is 19.7 Å². The second kappa shape index (κ2) is 8.74. The maximum Gasteiger partial charge on any atom is 0.254 e. The number of benzene rings is 1. The van der Waals surface area contributed by atoms with Gasteiger partial charge in [0, 0.05) is 48.3 Å². The summed E-state index contributed by atoms with van der Waals surface area (Å²) in [6.45, 7) is 0.536. The monoisotopic (exact) mass is 440 g/mol. The molecule has 0 radical (unpaired) electrons. The lowest BCUT2D eigenvalue weighted by Gasteiger charge is -2.08. The number of hydrogen-bond donors (Lipinski definition) is 3. The lowest BCUT2D eigenvalue weighted by Crippen LogP contribution is -2.26.